The van der Waals surface area contributed by atoms with E-state index in [1.807, 2.05) is 0 Å². The van der Waals surface area contributed by atoms with Crippen molar-refractivity contribution in [2.75, 3.05) is 31.1 Å². The number of ether oxygens (including phenoxy) is 3. The summed E-state index contributed by atoms with van der Waals surface area (Å²) in [5.41, 5.74) is -0.0148. The second-order valence-corrected chi connectivity index (χ2v) is 7.81. The smallest absolute Gasteiger partial charge is 0.340 e. The molecule has 3 rings (SSSR count). The number of benzene rings is 2. The topological polar surface area (TPSA) is 120 Å². The van der Waals surface area contributed by atoms with Gasteiger partial charge in [-0.2, -0.15) is 0 Å². The minimum atomic E-state index is -4.03. The van der Waals surface area contributed by atoms with E-state index < -0.39 is 28.5 Å². The van der Waals surface area contributed by atoms with Crippen LogP contribution in [0.2, 0.25) is 0 Å². The van der Waals surface area contributed by atoms with Gasteiger partial charge in [0.05, 0.1) is 16.1 Å². The summed E-state index contributed by atoms with van der Waals surface area (Å²) in [5, 5.41) is 2.47. The van der Waals surface area contributed by atoms with Gasteiger partial charge in [-0.15, -0.1) is 6.58 Å². The van der Waals surface area contributed by atoms with E-state index in [-0.39, 0.29) is 22.7 Å². The average molecular weight is 432 g/mol. The molecule has 0 unspecified atom stereocenters. The molecule has 0 saturated heterocycles. The zero-order valence-electron chi connectivity index (χ0n) is 15.9. The largest absolute Gasteiger partial charge is 0.486 e. The molecule has 2 aromatic rings. The van der Waals surface area contributed by atoms with Crippen molar-refractivity contribution in [3.05, 3.63) is 60.7 Å². The van der Waals surface area contributed by atoms with Crippen molar-refractivity contribution >= 4 is 27.6 Å². The third-order valence-electron chi connectivity index (χ3n) is 3.99. The van der Waals surface area contributed by atoms with Crippen LogP contribution in [0.4, 0.5) is 5.69 Å². The number of esters is 1. The number of hydrogen-bond acceptors (Lipinski definition) is 7. The molecule has 0 saturated carbocycles. The molecule has 0 radical (unpaired) electrons. The maximum absolute atomic E-state index is 12.8. The number of carbonyl (C=O) groups is 2. The normalized spacial score (nSPS) is 12.5. The van der Waals surface area contributed by atoms with Gasteiger partial charge in [-0.25, -0.2) is 13.2 Å². The van der Waals surface area contributed by atoms with Gasteiger partial charge in [-0.05, 0) is 24.3 Å². The van der Waals surface area contributed by atoms with Gasteiger partial charge in [0.15, 0.2) is 18.1 Å². The number of carbonyl (C=O) groups excluding carboxylic acids is 2. The van der Waals surface area contributed by atoms with Crippen LogP contribution >= 0.6 is 0 Å². The highest BCUT2D eigenvalue weighted by Crippen LogP contribution is 2.33. The number of rotatable bonds is 8. The van der Waals surface area contributed by atoms with Gasteiger partial charge >= 0.3 is 5.97 Å². The number of amides is 1. The Bertz CT molecular complexity index is 1070. The molecule has 1 aliphatic rings. The first-order valence-electron chi connectivity index (χ1n) is 8.97. The van der Waals surface area contributed by atoms with Crippen LogP contribution in [0.5, 0.6) is 11.5 Å². The van der Waals surface area contributed by atoms with Crippen LogP contribution < -0.4 is 19.5 Å². The van der Waals surface area contributed by atoms with Gasteiger partial charge < -0.3 is 19.5 Å². The van der Waals surface area contributed by atoms with Crippen molar-refractivity contribution in [2.45, 2.75) is 4.90 Å². The van der Waals surface area contributed by atoms with E-state index in [1.165, 1.54) is 36.4 Å². The minimum absolute atomic E-state index is 0.0175. The average Bonchev–Trinajstić information content (AvgIpc) is 2.75. The lowest BCUT2D eigenvalue weighted by Gasteiger charge is -2.19. The maximum atomic E-state index is 12.8. The van der Waals surface area contributed by atoms with Gasteiger partial charge in [0.2, 0.25) is 0 Å². The molecular formula is C20H20N2O7S. The van der Waals surface area contributed by atoms with Crippen molar-refractivity contribution in [2.24, 2.45) is 0 Å². The lowest BCUT2D eigenvalue weighted by Crippen LogP contribution is -2.29. The first kappa shape index (κ1) is 21.2. The molecule has 30 heavy (non-hydrogen) atoms. The molecule has 0 atom stereocenters. The standard InChI is InChI=1S/C20H20N2O7S/c1-2-9-21-19(23)13-29-20(24)15-5-3-4-6-16(15)22-30(25,26)14-7-8-17-18(12-14)28-11-10-27-17/h2-8,12,22H,1,9-11,13H2,(H,21,23). The van der Waals surface area contributed by atoms with Crippen LogP contribution in [0, 0.1) is 0 Å². The van der Waals surface area contributed by atoms with Gasteiger partial charge in [0, 0.05) is 12.6 Å². The second kappa shape index (κ2) is 9.31. The van der Waals surface area contributed by atoms with Crippen molar-refractivity contribution in [1.82, 2.24) is 5.32 Å². The van der Waals surface area contributed by atoms with E-state index in [1.54, 1.807) is 12.1 Å². The molecule has 1 aliphatic heterocycles. The molecule has 2 N–H and O–H groups in total. The molecule has 0 fully saturated rings. The molecule has 0 aliphatic carbocycles. The summed E-state index contributed by atoms with van der Waals surface area (Å²) >= 11 is 0. The molecule has 9 nitrogen and oxygen atoms in total. The van der Waals surface area contributed by atoms with Crippen molar-refractivity contribution in [1.29, 1.82) is 0 Å². The van der Waals surface area contributed by atoms with Crippen LogP contribution in [-0.4, -0.2) is 46.7 Å². The quantitative estimate of drug-likeness (QED) is 0.481. The third kappa shape index (κ3) is 5.09. The summed E-state index contributed by atoms with van der Waals surface area (Å²) in [4.78, 5) is 23.9. The zero-order chi connectivity index (χ0) is 21.6. The molecule has 158 valence electrons. The number of fused-ring (bicyclic) bond motifs is 1. The Morgan fingerprint density at radius 3 is 2.60 bits per heavy atom. The highest BCUT2D eigenvalue weighted by molar-refractivity contribution is 7.92. The van der Waals surface area contributed by atoms with E-state index >= 15 is 0 Å². The van der Waals surface area contributed by atoms with Gasteiger partial charge in [-0.1, -0.05) is 18.2 Å². The van der Waals surface area contributed by atoms with E-state index in [2.05, 4.69) is 16.6 Å². The van der Waals surface area contributed by atoms with E-state index in [0.717, 1.165) is 0 Å². The fourth-order valence-corrected chi connectivity index (χ4v) is 3.69. The molecular weight excluding hydrogens is 412 g/mol. The number of anilines is 1. The summed E-state index contributed by atoms with van der Waals surface area (Å²) in [7, 11) is -4.03. The third-order valence-corrected chi connectivity index (χ3v) is 5.36. The van der Waals surface area contributed by atoms with Gasteiger partial charge in [0.1, 0.15) is 13.2 Å². The fraction of sp³-hybridized carbons (Fsp3) is 0.200. The first-order chi connectivity index (χ1) is 14.4. The summed E-state index contributed by atoms with van der Waals surface area (Å²) in [5.74, 6) is -0.567. The predicted octanol–water partition coefficient (Wildman–Crippen LogP) is 1.72. The molecule has 1 amide bonds. The van der Waals surface area contributed by atoms with Crippen LogP contribution in [0.25, 0.3) is 0 Å². The molecule has 2 aromatic carbocycles. The predicted molar refractivity (Wildman–Crippen MR) is 108 cm³/mol. The van der Waals surface area contributed by atoms with E-state index in [4.69, 9.17) is 14.2 Å². The minimum Gasteiger partial charge on any atom is -0.486 e. The molecule has 10 heteroatoms. The van der Waals surface area contributed by atoms with E-state index in [9.17, 15) is 18.0 Å². The zero-order valence-corrected chi connectivity index (χ0v) is 16.7. The molecule has 0 aromatic heterocycles. The molecule has 0 bridgehead atoms. The summed E-state index contributed by atoms with van der Waals surface area (Å²) in [6.45, 7) is 3.91. The maximum Gasteiger partial charge on any atom is 0.340 e. The van der Waals surface area contributed by atoms with Gasteiger partial charge in [-0.3, -0.25) is 9.52 Å². The summed E-state index contributed by atoms with van der Waals surface area (Å²) in [6, 6.07) is 10.2. The number of hydrogen-bond donors (Lipinski definition) is 2. The number of para-hydroxylation sites is 1. The lowest BCUT2D eigenvalue weighted by atomic mass is 10.2. The monoisotopic (exact) mass is 432 g/mol. The Balaban J connectivity index is 1.76. The highest BCUT2D eigenvalue weighted by Gasteiger charge is 2.22. The Morgan fingerprint density at radius 1 is 1.10 bits per heavy atom. The lowest BCUT2D eigenvalue weighted by molar-refractivity contribution is -0.124. The fourth-order valence-electron chi connectivity index (χ4n) is 2.59. The highest BCUT2D eigenvalue weighted by atomic mass is 32.2. The Morgan fingerprint density at radius 2 is 1.83 bits per heavy atom. The Kier molecular flexibility index (Phi) is 6.58. The number of nitrogens with one attached hydrogen (secondary N) is 2. The molecule has 0 spiro atoms. The van der Waals surface area contributed by atoms with Crippen molar-refractivity contribution in [3.8, 4) is 11.5 Å². The molecule has 1 heterocycles. The number of sulfonamides is 1. The second-order valence-electron chi connectivity index (χ2n) is 6.13. The van der Waals surface area contributed by atoms with Crippen LogP contribution in [0.15, 0.2) is 60.0 Å². The van der Waals surface area contributed by atoms with Crippen LogP contribution in [-0.2, 0) is 19.6 Å². The van der Waals surface area contributed by atoms with Gasteiger partial charge in [0.25, 0.3) is 15.9 Å². The van der Waals surface area contributed by atoms with Crippen molar-refractivity contribution in [3.63, 3.8) is 0 Å². The Labute approximate surface area is 173 Å². The van der Waals surface area contributed by atoms with Crippen LogP contribution in [0.3, 0.4) is 0 Å². The van der Waals surface area contributed by atoms with Crippen LogP contribution in [0.1, 0.15) is 10.4 Å². The summed E-state index contributed by atoms with van der Waals surface area (Å²) < 4.78 is 43.8. The van der Waals surface area contributed by atoms with E-state index in [0.29, 0.717) is 24.7 Å². The van der Waals surface area contributed by atoms with Crippen molar-refractivity contribution < 1.29 is 32.2 Å². The Hall–Kier alpha value is -3.53. The summed E-state index contributed by atoms with van der Waals surface area (Å²) in [6.07, 6.45) is 1.49. The SMILES string of the molecule is C=CCNC(=O)COC(=O)c1ccccc1NS(=O)(=O)c1ccc2c(c1)OCCO2. The first-order valence-corrected chi connectivity index (χ1v) is 10.5.